The van der Waals surface area contributed by atoms with Gasteiger partial charge in [0.05, 0.1) is 18.8 Å². The van der Waals surface area contributed by atoms with Crippen molar-refractivity contribution < 1.29 is 14.3 Å². The summed E-state index contributed by atoms with van der Waals surface area (Å²) >= 11 is 0. The topological polar surface area (TPSA) is 96.3 Å². The van der Waals surface area contributed by atoms with Crippen LogP contribution in [0.15, 0.2) is 60.8 Å². The lowest BCUT2D eigenvalue weighted by Crippen LogP contribution is -2.50. The molecule has 2 amide bonds. The van der Waals surface area contributed by atoms with Crippen LogP contribution in [0.2, 0.25) is 0 Å². The summed E-state index contributed by atoms with van der Waals surface area (Å²) in [6.07, 6.45) is 1.72. The minimum Gasteiger partial charge on any atom is -0.365 e. The lowest BCUT2D eigenvalue weighted by molar-refractivity contribution is -0.00202. The maximum absolute atomic E-state index is 13.2. The fourth-order valence-electron chi connectivity index (χ4n) is 4.75. The summed E-state index contributed by atoms with van der Waals surface area (Å²) in [5, 5.41) is 9.33. The van der Waals surface area contributed by atoms with Crippen molar-refractivity contribution >= 4 is 22.7 Å². The number of nitrogens with one attached hydrogen (secondary N) is 1. The van der Waals surface area contributed by atoms with Crippen LogP contribution >= 0.6 is 0 Å². The second kappa shape index (κ2) is 8.42. The molecule has 34 heavy (non-hydrogen) atoms. The molecule has 2 aliphatic heterocycles. The first kappa shape index (κ1) is 20.6. The molecule has 2 aliphatic rings. The molecular weight excluding hydrogens is 432 g/mol. The van der Waals surface area contributed by atoms with Crippen molar-refractivity contribution in [2.24, 2.45) is 0 Å². The summed E-state index contributed by atoms with van der Waals surface area (Å²) in [5.41, 5.74) is 3.73. The molecule has 0 saturated carbocycles. The number of hydrogen-bond acceptors (Lipinski definition) is 5. The third kappa shape index (κ3) is 3.54. The summed E-state index contributed by atoms with van der Waals surface area (Å²) in [4.78, 5) is 33.0. The highest BCUT2D eigenvalue weighted by atomic mass is 16.5. The predicted octanol–water partition coefficient (Wildman–Crippen LogP) is 2.63. The molecule has 1 fully saturated rings. The number of ether oxygens (including phenoxy) is 1. The van der Waals surface area contributed by atoms with Crippen LogP contribution in [-0.4, -0.2) is 67.8 Å². The molecule has 0 spiro atoms. The lowest BCUT2D eigenvalue weighted by atomic mass is 10.1. The predicted molar refractivity (Wildman–Crippen MR) is 124 cm³/mol. The van der Waals surface area contributed by atoms with E-state index in [4.69, 9.17) is 4.74 Å². The Kier molecular flexibility index (Phi) is 5.10. The fraction of sp³-hybridized carbons (Fsp3) is 0.280. The van der Waals surface area contributed by atoms with Crippen molar-refractivity contribution in [1.82, 2.24) is 29.8 Å². The van der Waals surface area contributed by atoms with Gasteiger partial charge in [-0.25, -0.2) is 4.68 Å². The Morgan fingerprint density at radius 1 is 0.912 bits per heavy atom. The maximum Gasteiger partial charge on any atom is 0.276 e. The zero-order chi connectivity index (χ0) is 23.1. The van der Waals surface area contributed by atoms with Gasteiger partial charge in [0.1, 0.15) is 6.10 Å². The van der Waals surface area contributed by atoms with Gasteiger partial charge in [-0.05, 0) is 23.8 Å². The summed E-state index contributed by atoms with van der Waals surface area (Å²) in [6.45, 7) is 2.66. The van der Waals surface area contributed by atoms with Crippen molar-refractivity contribution in [2.75, 3.05) is 26.2 Å². The number of carbonyl (C=O) groups is 2. The van der Waals surface area contributed by atoms with Crippen molar-refractivity contribution in [1.29, 1.82) is 0 Å². The third-order valence-corrected chi connectivity index (χ3v) is 6.65. The smallest absolute Gasteiger partial charge is 0.276 e. The minimum atomic E-state index is -0.164. The zero-order valence-electron chi connectivity index (χ0n) is 18.6. The average molecular weight is 457 g/mol. The van der Waals surface area contributed by atoms with E-state index in [1.54, 1.807) is 14.5 Å². The normalized spacial score (nSPS) is 18.2. The van der Waals surface area contributed by atoms with Crippen LogP contribution < -0.4 is 0 Å². The highest BCUT2D eigenvalue weighted by Crippen LogP contribution is 2.27. The first-order chi connectivity index (χ1) is 16.7. The van der Waals surface area contributed by atoms with E-state index in [0.717, 1.165) is 16.5 Å². The SMILES string of the molecule is O=C(c1nnn2c1COC(c1ccccc1)C2)N1CCN(C(=O)c2cccc3[nH]ccc23)CC1. The van der Waals surface area contributed by atoms with Gasteiger partial charge in [-0.1, -0.05) is 41.6 Å². The lowest BCUT2D eigenvalue weighted by Gasteiger charge is -2.34. The van der Waals surface area contributed by atoms with Gasteiger partial charge in [0.25, 0.3) is 11.8 Å². The summed E-state index contributed by atoms with van der Waals surface area (Å²) in [6, 6.07) is 17.6. The largest absolute Gasteiger partial charge is 0.365 e. The van der Waals surface area contributed by atoms with Crippen molar-refractivity contribution in [3.8, 4) is 0 Å². The number of benzene rings is 2. The van der Waals surface area contributed by atoms with Crippen LogP contribution in [0.3, 0.4) is 0 Å². The van der Waals surface area contributed by atoms with E-state index >= 15 is 0 Å². The van der Waals surface area contributed by atoms with E-state index in [9.17, 15) is 9.59 Å². The molecule has 1 atom stereocenters. The van der Waals surface area contributed by atoms with E-state index in [2.05, 4.69) is 15.3 Å². The number of piperazine rings is 1. The summed E-state index contributed by atoms with van der Waals surface area (Å²) < 4.78 is 7.80. The van der Waals surface area contributed by atoms with Crippen LogP contribution in [0.25, 0.3) is 10.9 Å². The number of carbonyl (C=O) groups excluding carboxylic acids is 2. The molecule has 1 saturated heterocycles. The highest BCUT2D eigenvalue weighted by Gasteiger charge is 2.32. The second-order valence-corrected chi connectivity index (χ2v) is 8.61. The van der Waals surface area contributed by atoms with Crippen LogP contribution in [-0.2, 0) is 17.9 Å². The molecule has 9 heteroatoms. The van der Waals surface area contributed by atoms with Gasteiger partial charge in [0.2, 0.25) is 0 Å². The Labute approximate surface area is 195 Å². The molecule has 1 N–H and O–H groups in total. The number of H-pyrrole nitrogens is 1. The van der Waals surface area contributed by atoms with Gasteiger partial charge in [0.15, 0.2) is 5.69 Å². The molecule has 2 aromatic heterocycles. The first-order valence-corrected chi connectivity index (χ1v) is 11.4. The third-order valence-electron chi connectivity index (χ3n) is 6.65. The quantitative estimate of drug-likeness (QED) is 0.511. The van der Waals surface area contributed by atoms with Crippen molar-refractivity contribution in [3.05, 3.63) is 83.3 Å². The molecule has 6 rings (SSSR count). The Morgan fingerprint density at radius 3 is 2.47 bits per heavy atom. The van der Waals surface area contributed by atoms with E-state index in [0.29, 0.717) is 49.7 Å². The Morgan fingerprint density at radius 2 is 1.68 bits per heavy atom. The Hall–Kier alpha value is -3.98. The minimum absolute atomic E-state index is 0.0151. The second-order valence-electron chi connectivity index (χ2n) is 8.61. The molecule has 2 aromatic carbocycles. The van der Waals surface area contributed by atoms with Crippen LogP contribution in [0.5, 0.6) is 0 Å². The summed E-state index contributed by atoms with van der Waals surface area (Å²) in [7, 11) is 0. The molecule has 4 aromatic rings. The summed E-state index contributed by atoms with van der Waals surface area (Å²) in [5.74, 6) is -0.179. The average Bonchev–Trinajstić information content (AvgIpc) is 3.55. The van der Waals surface area contributed by atoms with Crippen molar-refractivity contribution in [3.63, 3.8) is 0 Å². The van der Waals surface area contributed by atoms with E-state index in [1.165, 1.54) is 0 Å². The fourth-order valence-corrected chi connectivity index (χ4v) is 4.75. The molecule has 4 heterocycles. The number of fused-ring (bicyclic) bond motifs is 2. The molecule has 0 aliphatic carbocycles. The Bertz CT molecular complexity index is 1350. The van der Waals surface area contributed by atoms with E-state index in [1.807, 2.05) is 60.8 Å². The van der Waals surface area contributed by atoms with Gasteiger partial charge in [-0.15, -0.1) is 5.10 Å². The van der Waals surface area contributed by atoms with Gasteiger partial charge in [-0.3, -0.25) is 9.59 Å². The number of aromatic nitrogens is 4. The van der Waals surface area contributed by atoms with Gasteiger partial charge < -0.3 is 19.5 Å². The highest BCUT2D eigenvalue weighted by molar-refractivity contribution is 6.06. The molecule has 9 nitrogen and oxygen atoms in total. The number of rotatable bonds is 3. The number of amides is 2. The van der Waals surface area contributed by atoms with Crippen LogP contribution in [0.1, 0.15) is 38.2 Å². The Balaban J connectivity index is 1.12. The van der Waals surface area contributed by atoms with Crippen LogP contribution in [0.4, 0.5) is 0 Å². The van der Waals surface area contributed by atoms with Gasteiger partial charge in [-0.2, -0.15) is 0 Å². The molecule has 172 valence electrons. The molecule has 1 unspecified atom stereocenters. The number of nitrogens with zero attached hydrogens (tertiary/aromatic N) is 5. The number of aromatic amines is 1. The number of hydrogen-bond donors (Lipinski definition) is 1. The van der Waals surface area contributed by atoms with Gasteiger partial charge >= 0.3 is 0 Å². The molecule has 0 radical (unpaired) electrons. The maximum atomic E-state index is 13.2. The standard InChI is InChI=1S/C25H24N6O3/c32-24(19-7-4-8-20-18(19)9-10-26-20)29-11-13-30(14-12-29)25(33)23-21-16-34-22(15-31(21)28-27-23)17-5-2-1-3-6-17/h1-10,22,26H,11-16H2. The zero-order valence-corrected chi connectivity index (χ0v) is 18.6. The molecular formula is C25H24N6O3. The monoisotopic (exact) mass is 456 g/mol. The van der Waals surface area contributed by atoms with Crippen LogP contribution in [0, 0.1) is 0 Å². The van der Waals surface area contributed by atoms with Crippen molar-refractivity contribution in [2.45, 2.75) is 19.3 Å². The van der Waals surface area contributed by atoms with Gasteiger partial charge in [0, 0.05) is 48.8 Å². The first-order valence-electron chi connectivity index (χ1n) is 11.4. The van der Waals surface area contributed by atoms with E-state index in [-0.39, 0.29) is 24.5 Å². The van der Waals surface area contributed by atoms with E-state index < -0.39 is 0 Å². The molecule has 0 bridgehead atoms.